The number of rotatable bonds is 3. The maximum atomic E-state index is 10.8. The highest BCUT2D eigenvalue weighted by Gasteiger charge is 2.14. The van der Waals surface area contributed by atoms with Gasteiger partial charge in [-0.2, -0.15) is 0 Å². The van der Waals surface area contributed by atoms with Crippen LogP contribution in [0.1, 0.15) is 10.5 Å². The fraction of sp³-hybridized carbons (Fsp3) is 0. The lowest BCUT2D eigenvalue weighted by Crippen LogP contribution is -1.94. The predicted octanol–water partition coefficient (Wildman–Crippen LogP) is 1.94. The second-order valence-corrected chi connectivity index (χ2v) is 4.50. The summed E-state index contributed by atoms with van der Waals surface area (Å²) in [5.74, 6) is -0.660. The van der Waals surface area contributed by atoms with Gasteiger partial charge in [0.1, 0.15) is 5.69 Å². The fourth-order valence-corrected chi connectivity index (χ4v) is 2.82. The van der Waals surface area contributed by atoms with Gasteiger partial charge < -0.3 is 19.8 Å². The number of hydrogen-bond donors (Lipinski definition) is 3. The van der Waals surface area contributed by atoms with Gasteiger partial charge in [0.05, 0.1) is 20.4 Å². The first-order valence-corrected chi connectivity index (χ1v) is 5.48. The van der Waals surface area contributed by atoms with E-state index in [-0.39, 0.29) is 5.69 Å². The molecule has 0 saturated heterocycles. The Morgan fingerprint density at radius 1 is 1.29 bits per heavy atom. The van der Waals surface area contributed by atoms with Crippen LogP contribution in [0.3, 0.4) is 0 Å². The van der Waals surface area contributed by atoms with Crippen molar-refractivity contribution in [3.8, 4) is 5.88 Å². The molecule has 0 spiro atoms. The van der Waals surface area contributed by atoms with Gasteiger partial charge in [-0.15, -0.1) is 11.3 Å². The topological polar surface area (TPSA) is 95.2 Å². The van der Waals surface area contributed by atoms with E-state index < -0.39 is 5.97 Å². The number of carbonyl (C=O) groups is 2. The van der Waals surface area contributed by atoms with Crippen LogP contribution in [0.25, 0.3) is 20.4 Å². The van der Waals surface area contributed by atoms with E-state index in [1.165, 1.54) is 11.3 Å². The summed E-state index contributed by atoms with van der Waals surface area (Å²) < 4.78 is 6.44. The molecule has 3 aromatic rings. The molecule has 7 heteroatoms. The zero-order valence-electron chi connectivity index (χ0n) is 8.31. The SMILES string of the molecule is O=COc1cc2sc3cc(C(=O)O)[nH]c3c2[nH]1. The number of H-pyrrole nitrogens is 2. The number of nitrogens with one attached hydrogen (secondary N) is 2. The minimum Gasteiger partial charge on any atom is -0.477 e. The highest BCUT2D eigenvalue weighted by Crippen LogP contribution is 2.35. The number of carboxylic acids is 1. The van der Waals surface area contributed by atoms with Crippen molar-refractivity contribution >= 4 is 44.2 Å². The molecule has 17 heavy (non-hydrogen) atoms. The smallest absolute Gasteiger partial charge is 0.352 e. The molecule has 0 saturated carbocycles. The van der Waals surface area contributed by atoms with Crippen LogP contribution < -0.4 is 4.74 Å². The van der Waals surface area contributed by atoms with Crippen molar-refractivity contribution in [1.82, 2.24) is 9.97 Å². The quantitative estimate of drug-likeness (QED) is 0.619. The van der Waals surface area contributed by atoms with Gasteiger partial charge in [-0.25, -0.2) is 4.79 Å². The predicted molar refractivity (Wildman–Crippen MR) is 61.7 cm³/mol. The van der Waals surface area contributed by atoms with E-state index in [1.54, 1.807) is 12.1 Å². The molecule has 0 atom stereocenters. The Morgan fingerprint density at radius 2 is 2.00 bits per heavy atom. The first-order valence-electron chi connectivity index (χ1n) is 4.67. The molecule has 0 unspecified atom stereocenters. The maximum absolute atomic E-state index is 10.8. The normalized spacial score (nSPS) is 11.1. The van der Waals surface area contributed by atoms with Crippen molar-refractivity contribution < 1.29 is 19.4 Å². The molecule has 0 aromatic carbocycles. The second kappa shape index (κ2) is 3.36. The zero-order valence-corrected chi connectivity index (χ0v) is 9.13. The third kappa shape index (κ3) is 1.40. The molecule has 0 aliphatic heterocycles. The minimum atomic E-state index is -1.00. The molecule has 3 rings (SSSR count). The van der Waals surface area contributed by atoms with Gasteiger partial charge in [0.2, 0.25) is 5.88 Å². The fourth-order valence-electron chi connectivity index (χ4n) is 1.73. The van der Waals surface area contributed by atoms with Crippen LogP contribution in [0.15, 0.2) is 12.1 Å². The third-order valence-electron chi connectivity index (χ3n) is 2.41. The second-order valence-electron chi connectivity index (χ2n) is 3.42. The standard InChI is InChI=1S/C10H6N2O4S/c13-3-16-7-2-6-9(12-7)8-5(17-6)1-4(11-8)10(14)15/h1-3,11-12H,(H,14,15). The van der Waals surface area contributed by atoms with E-state index in [0.29, 0.717) is 17.9 Å². The third-order valence-corrected chi connectivity index (χ3v) is 3.50. The number of aromatic carboxylic acids is 1. The van der Waals surface area contributed by atoms with Crippen molar-refractivity contribution in [3.05, 3.63) is 17.8 Å². The molecule has 3 aromatic heterocycles. The summed E-state index contributed by atoms with van der Waals surface area (Å²) in [7, 11) is 0. The van der Waals surface area contributed by atoms with Crippen LogP contribution in [0.5, 0.6) is 5.88 Å². The van der Waals surface area contributed by atoms with E-state index >= 15 is 0 Å². The summed E-state index contributed by atoms with van der Waals surface area (Å²) >= 11 is 1.42. The molecule has 0 amide bonds. The van der Waals surface area contributed by atoms with Gasteiger partial charge in [0, 0.05) is 6.07 Å². The van der Waals surface area contributed by atoms with Crippen molar-refractivity contribution in [3.63, 3.8) is 0 Å². The van der Waals surface area contributed by atoms with Crippen LogP contribution in [0.4, 0.5) is 0 Å². The Labute approximate surface area is 97.8 Å². The summed E-state index contributed by atoms with van der Waals surface area (Å²) in [5.41, 5.74) is 1.60. The van der Waals surface area contributed by atoms with Gasteiger partial charge in [-0.05, 0) is 6.07 Å². The lowest BCUT2D eigenvalue weighted by atomic mass is 10.4. The summed E-state index contributed by atoms with van der Waals surface area (Å²) in [6, 6.07) is 3.28. The summed E-state index contributed by atoms with van der Waals surface area (Å²) in [6.45, 7) is 0.337. The van der Waals surface area contributed by atoms with Gasteiger partial charge in [-0.3, -0.25) is 4.79 Å². The highest BCUT2D eigenvalue weighted by molar-refractivity contribution is 7.25. The Kier molecular flexibility index (Phi) is 1.96. The summed E-state index contributed by atoms with van der Waals surface area (Å²) in [4.78, 5) is 26.7. The van der Waals surface area contributed by atoms with Gasteiger partial charge >= 0.3 is 5.97 Å². The van der Waals surface area contributed by atoms with E-state index in [2.05, 4.69) is 9.97 Å². The van der Waals surface area contributed by atoms with E-state index in [9.17, 15) is 9.59 Å². The number of carboxylic acid groups (broad SMARTS) is 1. The number of hydrogen-bond acceptors (Lipinski definition) is 4. The Balaban J connectivity index is 2.23. The Morgan fingerprint density at radius 3 is 2.71 bits per heavy atom. The monoisotopic (exact) mass is 250 g/mol. The summed E-state index contributed by atoms with van der Waals surface area (Å²) in [5, 5.41) is 8.86. The van der Waals surface area contributed by atoms with Gasteiger partial charge in [-0.1, -0.05) is 0 Å². The van der Waals surface area contributed by atoms with Gasteiger partial charge in [0.15, 0.2) is 0 Å². The molecule has 0 radical (unpaired) electrons. The summed E-state index contributed by atoms with van der Waals surface area (Å²) in [6.07, 6.45) is 0. The van der Waals surface area contributed by atoms with Crippen molar-refractivity contribution in [2.75, 3.05) is 0 Å². The zero-order chi connectivity index (χ0) is 12.0. The largest absolute Gasteiger partial charge is 0.477 e. The molecule has 86 valence electrons. The average molecular weight is 250 g/mol. The first kappa shape index (κ1) is 9.91. The van der Waals surface area contributed by atoms with Crippen LogP contribution in [0, 0.1) is 0 Å². The van der Waals surface area contributed by atoms with Crippen LogP contribution in [-0.2, 0) is 4.79 Å². The number of aromatic nitrogens is 2. The number of aromatic amines is 2. The van der Waals surface area contributed by atoms with E-state index in [4.69, 9.17) is 9.84 Å². The van der Waals surface area contributed by atoms with Crippen LogP contribution in [-0.4, -0.2) is 27.5 Å². The van der Waals surface area contributed by atoms with Crippen molar-refractivity contribution in [1.29, 1.82) is 0 Å². The molecule has 6 nitrogen and oxygen atoms in total. The average Bonchev–Trinajstić information content (AvgIpc) is 2.87. The number of ether oxygens (including phenoxy) is 1. The minimum absolute atomic E-state index is 0.139. The molecular formula is C10H6N2O4S. The lowest BCUT2D eigenvalue weighted by Gasteiger charge is -1.88. The number of thiophene rings is 1. The number of fused-ring (bicyclic) bond motifs is 3. The first-order chi connectivity index (χ1) is 8.19. The molecule has 0 bridgehead atoms. The molecule has 0 aliphatic carbocycles. The molecule has 3 N–H and O–H groups in total. The maximum Gasteiger partial charge on any atom is 0.352 e. The van der Waals surface area contributed by atoms with Crippen LogP contribution in [0.2, 0.25) is 0 Å². The number of carbonyl (C=O) groups excluding carboxylic acids is 1. The van der Waals surface area contributed by atoms with Crippen molar-refractivity contribution in [2.24, 2.45) is 0 Å². The Bertz CT molecular complexity index is 736. The highest BCUT2D eigenvalue weighted by atomic mass is 32.1. The van der Waals surface area contributed by atoms with Crippen molar-refractivity contribution in [2.45, 2.75) is 0 Å². The van der Waals surface area contributed by atoms with E-state index in [1.807, 2.05) is 0 Å². The van der Waals surface area contributed by atoms with Gasteiger partial charge in [0.25, 0.3) is 6.47 Å². The molecular weight excluding hydrogens is 244 g/mol. The van der Waals surface area contributed by atoms with Crippen LogP contribution >= 0.6 is 11.3 Å². The molecule has 0 aliphatic rings. The molecule has 0 fully saturated rings. The molecule has 3 heterocycles. The lowest BCUT2D eigenvalue weighted by molar-refractivity contribution is -0.120. The Hall–Kier alpha value is -2.28. The van der Waals surface area contributed by atoms with E-state index in [0.717, 1.165) is 14.9 Å².